The summed E-state index contributed by atoms with van der Waals surface area (Å²) in [5.41, 5.74) is 21.8. The van der Waals surface area contributed by atoms with Gasteiger partial charge in [0.15, 0.2) is 5.96 Å². The van der Waals surface area contributed by atoms with E-state index in [4.69, 9.17) is 42.7 Å². The number of guanidine groups is 1. The average molecular weight is 621 g/mol. The molecule has 43 heavy (non-hydrogen) atoms. The minimum atomic E-state index is -1.19. The number of likely N-dealkylation sites (tertiary alicyclic amines) is 1. The molecule has 0 aromatic carbocycles. The number of carboxylic acid groups (broad SMARTS) is 3. The first kappa shape index (κ1) is 41.1. The number of aliphatic carboxylic acids is 3. The van der Waals surface area contributed by atoms with E-state index >= 15 is 0 Å². The molecule has 0 spiro atoms. The van der Waals surface area contributed by atoms with Crippen LogP contribution in [0, 0.1) is 0 Å². The summed E-state index contributed by atoms with van der Waals surface area (Å²) in [6.07, 6.45) is 1.61. The first-order valence-corrected chi connectivity index (χ1v) is 13.7. The van der Waals surface area contributed by atoms with E-state index in [1.807, 2.05) is 0 Å². The molecule has 0 aromatic rings. The quantitative estimate of drug-likeness (QED) is 0.0499. The topological polar surface area (TPSA) is 327 Å². The van der Waals surface area contributed by atoms with Gasteiger partial charge in [0.2, 0.25) is 17.7 Å². The Balaban J connectivity index is 0. The van der Waals surface area contributed by atoms with Crippen LogP contribution in [0.15, 0.2) is 4.99 Å². The molecule has 1 saturated heterocycles. The van der Waals surface area contributed by atoms with Gasteiger partial charge in [-0.1, -0.05) is 0 Å². The SMILES string of the molecule is CC(=O)O.CC(=O)O.C[C@@H](O)[C@H](N)C(=O)N1CCC[C@H]1C(=O)N[C@@H](CCCN=C(N)N)C(=O)N[C@@H](CCCCN)C(=O)O. The van der Waals surface area contributed by atoms with Crippen LogP contribution in [0.5, 0.6) is 0 Å². The number of rotatable bonds is 15. The van der Waals surface area contributed by atoms with E-state index in [1.165, 1.54) is 11.8 Å². The van der Waals surface area contributed by atoms with Gasteiger partial charge in [-0.25, -0.2) is 4.79 Å². The van der Waals surface area contributed by atoms with Crippen LogP contribution >= 0.6 is 0 Å². The van der Waals surface area contributed by atoms with Crippen LogP contribution in [0.1, 0.15) is 65.7 Å². The minimum absolute atomic E-state index is 0.115. The summed E-state index contributed by atoms with van der Waals surface area (Å²) >= 11 is 0. The van der Waals surface area contributed by atoms with Crippen molar-refractivity contribution in [3.05, 3.63) is 0 Å². The van der Waals surface area contributed by atoms with Gasteiger partial charge >= 0.3 is 5.97 Å². The summed E-state index contributed by atoms with van der Waals surface area (Å²) in [6, 6.07) is -4.25. The Morgan fingerprint density at radius 3 is 1.93 bits per heavy atom. The first-order chi connectivity index (χ1) is 20.0. The number of carboxylic acids is 3. The van der Waals surface area contributed by atoms with Crippen molar-refractivity contribution in [3.8, 4) is 0 Å². The summed E-state index contributed by atoms with van der Waals surface area (Å²) in [7, 11) is 0. The van der Waals surface area contributed by atoms with Gasteiger partial charge in [-0.2, -0.15) is 0 Å². The first-order valence-electron chi connectivity index (χ1n) is 13.7. The number of unbranched alkanes of at least 4 members (excludes halogenated alkanes) is 1. The second-order valence-corrected chi connectivity index (χ2v) is 9.69. The minimum Gasteiger partial charge on any atom is -0.481 e. The molecule has 18 heteroatoms. The normalized spacial score (nSPS) is 16.4. The lowest BCUT2D eigenvalue weighted by atomic mass is 10.1. The zero-order valence-corrected chi connectivity index (χ0v) is 24.9. The van der Waals surface area contributed by atoms with E-state index in [0.29, 0.717) is 45.2 Å². The third-order valence-corrected chi connectivity index (χ3v) is 5.78. The smallest absolute Gasteiger partial charge is 0.326 e. The van der Waals surface area contributed by atoms with Crippen LogP contribution in [-0.4, -0.2) is 117 Å². The zero-order valence-electron chi connectivity index (χ0n) is 24.9. The number of nitrogens with two attached hydrogens (primary N) is 4. The molecule has 1 aliphatic rings. The lowest BCUT2D eigenvalue weighted by Crippen LogP contribution is -2.57. The highest BCUT2D eigenvalue weighted by Crippen LogP contribution is 2.19. The number of nitrogens with zero attached hydrogens (tertiary/aromatic N) is 2. The molecule has 1 aliphatic heterocycles. The second kappa shape index (κ2) is 22.6. The predicted molar refractivity (Wildman–Crippen MR) is 155 cm³/mol. The standard InChI is InChI=1S/C21H40N8O6.2C2H4O2/c1-12(30)16(23)19(33)29-11-5-8-15(29)18(32)27-13(7-4-10-26-21(24)25)17(31)28-14(20(34)35)6-2-3-9-22;2*1-2(3)4/h12-16,30H,2-11,22-23H2,1H3,(H,27,32)(H,28,31)(H,34,35)(H4,24,25,26);2*1H3,(H,3,4)/t12-,13+,14+,15+,16+;;/m1../s1. The number of hydrogen-bond acceptors (Lipinski definition) is 10. The van der Waals surface area contributed by atoms with Gasteiger partial charge in [-0.05, 0) is 58.4 Å². The highest BCUT2D eigenvalue weighted by molar-refractivity contribution is 5.94. The highest BCUT2D eigenvalue weighted by Gasteiger charge is 2.38. The molecule has 1 heterocycles. The molecule has 18 nitrogen and oxygen atoms in total. The van der Waals surface area contributed by atoms with E-state index < -0.39 is 65.9 Å². The third-order valence-electron chi connectivity index (χ3n) is 5.78. The van der Waals surface area contributed by atoms with Gasteiger partial charge in [0.25, 0.3) is 11.9 Å². The molecular formula is C25H48N8O10. The Bertz CT molecular complexity index is 923. The molecule has 1 fully saturated rings. The summed E-state index contributed by atoms with van der Waals surface area (Å²) in [6.45, 7) is 4.45. The second-order valence-electron chi connectivity index (χ2n) is 9.69. The Kier molecular flexibility index (Phi) is 21.6. The zero-order chi connectivity index (χ0) is 33.7. The lowest BCUT2D eigenvalue weighted by Gasteiger charge is -2.29. The van der Waals surface area contributed by atoms with Crippen LogP contribution < -0.4 is 33.6 Å². The van der Waals surface area contributed by atoms with Gasteiger partial charge in [0.1, 0.15) is 24.2 Å². The van der Waals surface area contributed by atoms with Crippen molar-refractivity contribution in [2.24, 2.45) is 27.9 Å². The van der Waals surface area contributed by atoms with Crippen LogP contribution in [0.25, 0.3) is 0 Å². The Hall–Kier alpha value is -4.03. The summed E-state index contributed by atoms with van der Waals surface area (Å²) in [4.78, 5) is 73.4. The Morgan fingerprint density at radius 2 is 1.47 bits per heavy atom. The van der Waals surface area contributed by atoms with Gasteiger partial charge in [-0.3, -0.25) is 29.0 Å². The van der Waals surface area contributed by atoms with E-state index in [9.17, 15) is 29.4 Å². The number of hydrogen-bond donors (Lipinski definition) is 10. The monoisotopic (exact) mass is 620 g/mol. The van der Waals surface area contributed by atoms with Crippen LogP contribution in [0.3, 0.4) is 0 Å². The maximum atomic E-state index is 13.1. The lowest BCUT2D eigenvalue weighted by molar-refractivity contribution is -0.143. The average Bonchev–Trinajstić information content (AvgIpc) is 3.38. The number of aliphatic hydroxyl groups excluding tert-OH is 1. The molecule has 14 N–H and O–H groups in total. The van der Waals surface area contributed by atoms with Crippen molar-refractivity contribution in [3.63, 3.8) is 0 Å². The fourth-order valence-electron chi connectivity index (χ4n) is 3.76. The molecule has 1 rings (SSSR count). The van der Waals surface area contributed by atoms with Crippen LogP contribution in [0.2, 0.25) is 0 Å². The molecule has 3 amide bonds. The number of nitrogens with one attached hydrogen (secondary N) is 2. The summed E-state index contributed by atoms with van der Waals surface area (Å²) in [5, 5.41) is 39.1. The van der Waals surface area contributed by atoms with E-state index in [0.717, 1.165) is 13.8 Å². The van der Waals surface area contributed by atoms with Gasteiger partial charge in [0, 0.05) is 26.9 Å². The predicted octanol–water partition coefficient (Wildman–Crippen LogP) is -2.90. The van der Waals surface area contributed by atoms with Crippen molar-refractivity contribution < 1.29 is 49.2 Å². The maximum absolute atomic E-state index is 13.1. The van der Waals surface area contributed by atoms with E-state index in [2.05, 4.69) is 15.6 Å². The van der Waals surface area contributed by atoms with Crippen molar-refractivity contribution in [1.29, 1.82) is 0 Å². The molecule has 248 valence electrons. The molecule has 0 aromatic heterocycles. The maximum Gasteiger partial charge on any atom is 0.326 e. The Morgan fingerprint density at radius 1 is 0.930 bits per heavy atom. The largest absolute Gasteiger partial charge is 0.481 e. The van der Waals surface area contributed by atoms with E-state index in [1.54, 1.807) is 0 Å². The number of carbonyl (C=O) groups excluding carboxylic acids is 3. The molecular weight excluding hydrogens is 572 g/mol. The number of aliphatic imine (C=N–C) groups is 1. The summed E-state index contributed by atoms with van der Waals surface area (Å²) < 4.78 is 0. The van der Waals surface area contributed by atoms with Crippen molar-refractivity contribution in [1.82, 2.24) is 15.5 Å². The van der Waals surface area contributed by atoms with Gasteiger partial charge < -0.3 is 58.9 Å². The number of amides is 3. The van der Waals surface area contributed by atoms with Crippen molar-refractivity contribution in [2.75, 3.05) is 19.6 Å². The highest BCUT2D eigenvalue weighted by atomic mass is 16.4. The van der Waals surface area contributed by atoms with E-state index in [-0.39, 0.29) is 25.3 Å². The molecule has 0 aliphatic carbocycles. The number of carbonyl (C=O) groups is 6. The molecule has 0 bridgehead atoms. The fraction of sp³-hybridized carbons (Fsp3) is 0.720. The van der Waals surface area contributed by atoms with Crippen LogP contribution in [-0.2, 0) is 28.8 Å². The molecule has 5 atom stereocenters. The third kappa shape index (κ3) is 19.7. The van der Waals surface area contributed by atoms with Gasteiger partial charge in [0.05, 0.1) is 6.10 Å². The number of aliphatic hydroxyl groups is 1. The van der Waals surface area contributed by atoms with Crippen molar-refractivity contribution in [2.45, 2.75) is 96.0 Å². The Labute approximate surface area is 250 Å². The molecule has 0 saturated carbocycles. The molecule has 0 radical (unpaired) electrons. The van der Waals surface area contributed by atoms with Crippen LogP contribution in [0.4, 0.5) is 0 Å². The molecule has 0 unspecified atom stereocenters. The fourth-order valence-corrected chi connectivity index (χ4v) is 3.76. The summed E-state index contributed by atoms with van der Waals surface area (Å²) in [5.74, 6) is -4.77. The van der Waals surface area contributed by atoms with Crippen molar-refractivity contribution >= 4 is 41.6 Å². The van der Waals surface area contributed by atoms with Gasteiger partial charge in [-0.15, -0.1) is 0 Å².